The van der Waals surface area contributed by atoms with Gasteiger partial charge < -0.3 is 4.98 Å². The fraction of sp³-hybridized carbons (Fsp3) is 0.235. The van der Waals surface area contributed by atoms with E-state index in [1.807, 2.05) is 12.3 Å². The molecule has 1 N–H and O–H groups in total. The van der Waals surface area contributed by atoms with Crippen LogP contribution in [0.5, 0.6) is 0 Å². The van der Waals surface area contributed by atoms with E-state index in [9.17, 15) is 0 Å². The molecule has 0 atom stereocenters. The summed E-state index contributed by atoms with van der Waals surface area (Å²) in [5.41, 5.74) is 3.07. The number of H-pyrrole nitrogens is 1. The number of fused-ring (bicyclic) bond motifs is 1. The number of aromatic amines is 1. The van der Waals surface area contributed by atoms with Crippen LogP contribution in [0.15, 0.2) is 47.6 Å². The van der Waals surface area contributed by atoms with Crippen molar-refractivity contribution < 1.29 is 0 Å². The largest absolute Gasteiger partial charge is 0.345 e. The first-order valence-electron chi connectivity index (χ1n) is 7.37. The molecule has 0 fully saturated rings. The molecule has 0 saturated heterocycles. The van der Waals surface area contributed by atoms with Gasteiger partial charge in [-0.2, -0.15) is 0 Å². The molecular formula is C17H18ClN3S. The van der Waals surface area contributed by atoms with E-state index in [1.54, 1.807) is 18.1 Å². The Hall–Kier alpha value is -1.49. The monoisotopic (exact) mass is 331 g/mol. The minimum atomic E-state index is 0.725. The van der Waals surface area contributed by atoms with E-state index in [0.29, 0.717) is 0 Å². The maximum absolute atomic E-state index is 6.35. The SMILES string of the molecule is CCN(CC)Sc1cccc(-c2c[nH]c3nccc(Cl)c23)c1. The third kappa shape index (κ3) is 3.00. The number of nitrogens with one attached hydrogen (secondary N) is 1. The number of hydrogen-bond acceptors (Lipinski definition) is 3. The predicted molar refractivity (Wildman–Crippen MR) is 95.3 cm³/mol. The van der Waals surface area contributed by atoms with Crippen LogP contribution in [0.4, 0.5) is 0 Å². The van der Waals surface area contributed by atoms with Crippen molar-refractivity contribution in [1.82, 2.24) is 14.3 Å². The molecule has 2 aromatic heterocycles. The molecule has 0 amide bonds. The first-order chi connectivity index (χ1) is 10.7. The van der Waals surface area contributed by atoms with Crippen LogP contribution in [0, 0.1) is 0 Å². The molecule has 0 aliphatic rings. The Morgan fingerprint density at radius 3 is 2.82 bits per heavy atom. The maximum atomic E-state index is 6.35. The minimum Gasteiger partial charge on any atom is -0.345 e. The highest BCUT2D eigenvalue weighted by molar-refractivity contribution is 7.97. The van der Waals surface area contributed by atoms with Crippen molar-refractivity contribution in [1.29, 1.82) is 0 Å². The average Bonchev–Trinajstić information content (AvgIpc) is 2.98. The normalized spacial score (nSPS) is 11.5. The standard InChI is InChI=1S/C17H18ClN3S/c1-3-21(4-2)22-13-7-5-6-12(10-13)14-11-20-17-16(14)15(18)8-9-19-17/h5-11H,3-4H2,1-2H3,(H,19,20). The lowest BCUT2D eigenvalue weighted by Crippen LogP contribution is -2.13. The lowest BCUT2D eigenvalue weighted by atomic mass is 10.1. The molecule has 22 heavy (non-hydrogen) atoms. The zero-order chi connectivity index (χ0) is 15.5. The Morgan fingerprint density at radius 1 is 1.23 bits per heavy atom. The van der Waals surface area contributed by atoms with Crippen LogP contribution in [0.1, 0.15) is 13.8 Å². The van der Waals surface area contributed by atoms with Gasteiger partial charge in [0.25, 0.3) is 0 Å². The lowest BCUT2D eigenvalue weighted by Gasteiger charge is -2.16. The summed E-state index contributed by atoms with van der Waals surface area (Å²) >= 11 is 8.13. The minimum absolute atomic E-state index is 0.725. The number of nitrogens with zero attached hydrogens (tertiary/aromatic N) is 2. The van der Waals surface area contributed by atoms with Crippen molar-refractivity contribution in [3.8, 4) is 11.1 Å². The molecule has 3 aromatic rings. The number of rotatable bonds is 5. The van der Waals surface area contributed by atoms with E-state index in [4.69, 9.17) is 11.6 Å². The lowest BCUT2D eigenvalue weighted by molar-refractivity contribution is 0.525. The van der Waals surface area contributed by atoms with E-state index in [-0.39, 0.29) is 0 Å². The molecule has 0 aliphatic heterocycles. The van der Waals surface area contributed by atoms with Crippen molar-refractivity contribution in [2.75, 3.05) is 13.1 Å². The fourth-order valence-corrected chi connectivity index (χ4v) is 3.59. The number of hydrogen-bond donors (Lipinski definition) is 1. The Morgan fingerprint density at radius 2 is 2.05 bits per heavy atom. The van der Waals surface area contributed by atoms with Crippen LogP contribution in [-0.4, -0.2) is 27.4 Å². The highest BCUT2D eigenvalue weighted by Crippen LogP contribution is 2.34. The van der Waals surface area contributed by atoms with Crippen molar-refractivity contribution in [2.45, 2.75) is 18.7 Å². The number of aromatic nitrogens is 2. The van der Waals surface area contributed by atoms with E-state index in [0.717, 1.165) is 40.3 Å². The molecule has 114 valence electrons. The van der Waals surface area contributed by atoms with Gasteiger partial charge in [-0.25, -0.2) is 9.29 Å². The molecule has 0 unspecified atom stereocenters. The zero-order valence-corrected chi connectivity index (χ0v) is 14.2. The summed E-state index contributed by atoms with van der Waals surface area (Å²) in [5, 5.41) is 1.71. The molecular weight excluding hydrogens is 314 g/mol. The summed E-state index contributed by atoms with van der Waals surface area (Å²) in [6, 6.07) is 10.4. The Bertz CT molecular complexity index is 780. The number of benzene rings is 1. The highest BCUT2D eigenvalue weighted by atomic mass is 35.5. The average molecular weight is 332 g/mol. The summed E-state index contributed by atoms with van der Waals surface area (Å²) in [4.78, 5) is 8.76. The second-order valence-electron chi connectivity index (χ2n) is 4.95. The third-order valence-electron chi connectivity index (χ3n) is 3.61. The van der Waals surface area contributed by atoms with Crippen molar-refractivity contribution in [2.24, 2.45) is 0 Å². The van der Waals surface area contributed by atoms with Crippen LogP contribution in [0.25, 0.3) is 22.2 Å². The Kier molecular flexibility index (Phi) is 4.71. The summed E-state index contributed by atoms with van der Waals surface area (Å²) in [5.74, 6) is 0. The van der Waals surface area contributed by atoms with Gasteiger partial charge >= 0.3 is 0 Å². The second kappa shape index (κ2) is 6.73. The van der Waals surface area contributed by atoms with Crippen molar-refractivity contribution >= 4 is 34.6 Å². The Balaban J connectivity index is 2.01. The van der Waals surface area contributed by atoms with Gasteiger partial charge in [0.2, 0.25) is 0 Å². The van der Waals surface area contributed by atoms with Gasteiger partial charge in [0.15, 0.2) is 0 Å². The van der Waals surface area contributed by atoms with Gasteiger partial charge in [0.1, 0.15) is 5.65 Å². The Labute approximate surface area is 139 Å². The van der Waals surface area contributed by atoms with Crippen LogP contribution in [-0.2, 0) is 0 Å². The molecule has 1 aromatic carbocycles. The summed E-state index contributed by atoms with van der Waals surface area (Å²) < 4.78 is 2.32. The number of pyridine rings is 1. The van der Waals surface area contributed by atoms with Gasteiger partial charge in [-0.05, 0) is 35.7 Å². The third-order valence-corrected chi connectivity index (χ3v) is 5.16. The van der Waals surface area contributed by atoms with Gasteiger partial charge in [0, 0.05) is 41.3 Å². The molecule has 0 spiro atoms. The summed E-state index contributed by atoms with van der Waals surface area (Å²) in [6.45, 7) is 6.39. The van der Waals surface area contributed by atoms with E-state index in [1.165, 1.54) is 4.90 Å². The summed E-state index contributed by atoms with van der Waals surface area (Å²) in [6.07, 6.45) is 3.70. The van der Waals surface area contributed by atoms with E-state index in [2.05, 4.69) is 52.4 Å². The maximum Gasteiger partial charge on any atom is 0.139 e. The van der Waals surface area contributed by atoms with Crippen molar-refractivity contribution in [3.63, 3.8) is 0 Å². The van der Waals surface area contributed by atoms with Crippen LogP contribution in [0.2, 0.25) is 5.02 Å². The molecule has 0 aliphatic carbocycles. The first-order valence-corrected chi connectivity index (χ1v) is 8.53. The topological polar surface area (TPSA) is 31.9 Å². The highest BCUT2D eigenvalue weighted by Gasteiger charge is 2.11. The van der Waals surface area contributed by atoms with E-state index < -0.39 is 0 Å². The molecule has 0 saturated carbocycles. The molecule has 5 heteroatoms. The van der Waals surface area contributed by atoms with Crippen LogP contribution < -0.4 is 0 Å². The predicted octanol–water partition coefficient (Wildman–Crippen LogP) is 5.23. The van der Waals surface area contributed by atoms with Gasteiger partial charge in [-0.1, -0.05) is 37.6 Å². The molecule has 3 rings (SSSR count). The van der Waals surface area contributed by atoms with E-state index >= 15 is 0 Å². The van der Waals surface area contributed by atoms with Gasteiger partial charge in [-0.3, -0.25) is 0 Å². The van der Waals surface area contributed by atoms with Crippen LogP contribution in [0.3, 0.4) is 0 Å². The summed E-state index contributed by atoms with van der Waals surface area (Å²) in [7, 11) is 0. The fourth-order valence-electron chi connectivity index (χ4n) is 2.47. The zero-order valence-electron chi connectivity index (χ0n) is 12.6. The first kappa shape index (κ1) is 15.4. The van der Waals surface area contributed by atoms with Gasteiger partial charge in [0.05, 0.1) is 5.02 Å². The molecule has 3 nitrogen and oxygen atoms in total. The molecule has 2 heterocycles. The quantitative estimate of drug-likeness (QED) is 0.649. The molecule has 0 radical (unpaired) electrons. The van der Waals surface area contributed by atoms with Crippen molar-refractivity contribution in [3.05, 3.63) is 47.7 Å². The second-order valence-corrected chi connectivity index (χ2v) is 6.53. The van der Waals surface area contributed by atoms with Gasteiger partial charge in [-0.15, -0.1) is 0 Å². The smallest absolute Gasteiger partial charge is 0.139 e. The van der Waals surface area contributed by atoms with Crippen LogP contribution >= 0.6 is 23.5 Å². The molecule has 0 bridgehead atoms. The number of halogens is 1.